The number of piperidine rings is 1. The highest BCUT2D eigenvalue weighted by Gasteiger charge is 2.29. The Morgan fingerprint density at radius 3 is 2.64 bits per heavy atom. The molecule has 2 aliphatic heterocycles. The van der Waals surface area contributed by atoms with Gasteiger partial charge in [-0.15, -0.1) is 22.6 Å². The van der Waals surface area contributed by atoms with E-state index in [9.17, 15) is 4.79 Å². The normalized spacial score (nSPS) is 17.9. The van der Waals surface area contributed by atoms with Crippen LogP contribution in [0.2, 0.25) is 0 Å². The van der Waals surface area contributed by atoms with Gasteiger partial charge in [0.1, 0.15) is 17.3 Å². The van der Waals surface area contributed by atoms with Crippen LogP contribution in [0.25, 0.3) is 0 Å². The lowest BCUT2D eigenvalue weighted by Crippen LogP contribution is -2.39. The van der Waals surface area contributed by atoms with Crippen LogP contribution in [0.5, 0.6) is 0 Å². The Labute approximate surface area is 153 Å². The molecule has 7 nitrogen and oxygen atoms in total. The molecule has 0 bridgehead atoms. The van der Waals surface area contributed by atoms with Crippen molar-refractivity contribution in [2.24, 2.45) is 0 Å². The fourth-order valence-electron chi connectivity index (χ4n) is 3.87. The van der Waals surface area contributed by atoms with Gasteiger partial charge in [0.2, 0.25) is 0 Å². The molecule has 136 valence electrons. The first-order valence-electron chi connectivity index (χ1n) is 8.71. The van der Waals surface area contributed by atoms with E-state index in [2.05, 4.69) is 25.1 Å². The first kappa shape index (κ1) is 17.9. The number of carbonyl (C=O) groups is 1. The molecule has 4 rings (SSSR count). The molecule has 1 amide bonds. The second-order valence-corrected chi connectivity index (χ2v) is 6.88. The number of rotatable bonds is 2. The van der Waals surface area contributed by atoms with Crippen molar-refractivity contribution in [3.05, 3.63) is 34.7 Å². The number of aryl methyl sites for hydroxylation is 2. The molecule has 1 fully saturated rings. The number of halogens is 1. The lowest BCUT2D eigenvalue weighted by Gasteiger charge is -2.32. The van der Waals surface area contributed by atoms with Crippen LogP contribution in [-0.4, -0.2) is 50.2 Å². The lowest BCUT2D eigenvalue weighted by atomic mass is 9.95. The Morgan fingerprint density at radius 2 is 1.96 bits per heavy atom. The smallest absolute Gasteiger partial charge is 0.270 e. The molecular formula is C17H25ClN6O. The number of amides is 1. The molecule has 4 heterocycles. The van der Waals surface area contributed by atoms with Gasteiger partial charge in [-0.2, -0.15) is 0 Å². The Kier molecular flexibility index (Phi) is 5.15. The average Bonchev–Trinajstić information content (AvgIpc) is 3.17. The molecule has 0 aromatic carbocycles. The van der Waals surface area contributed by atoms with Gasteiger partial charge < -0.3 is 19.8 Å². The molecule has 0 aliphatic carbocycles. The van der Waals surface area contributed by atoms with Crippen molar-refractivity contribution in [1.29, 1.82) is 0 Å². The minimum absolute atomic E-state index is 0. The topological polar surface area (TPSA) is 78.8 Å². The summed E-state index contributed by atoms with van der Waals surface area (Å²) in [6, 6.07) is 2.02. The summed E-state index contributed by atoms with van der Waals surface area (Å²) in [5, 5.41) is 12.1. The molecule has 2 N–H and O–H groups in total. The van der Waals surface area contributed by atoms with Crippen LogP contribution in [0, 0.1) is 13.8 Å². The molecule has 0 unspecified atom stereocenters. The Balaban J connectivity index is 0.00000182. The minimum Gasteiger partial charge on any atom is -0.354 e. The number of hydrogen-bond donors (Lipinski definition) is 2. The molecule has 0 atom stereocenters. The van der Waals surface area contributed by atoms with Gasteiger partial charge in [-0.25, -0.2) is 0 Å². The van der Waals surface area contributed by atoms with E-state index < -0.39 is 0 Å². The van der Waals surface area contributed by atoms with Crippen LogP contribution in [0.4, 0.5) is 0 Å². The summed E-state index contributed by atoms with van der Waals surface area (Å²) in [6.07, 6.45) is 1.91. The van der Waals surface area contributed by atoms with E-state index in [0.717, 1.165) is 74.2 Å². The Morgan fingerprint density at radius 1 is 1.20 bits per heavy atom. The van der Waals surface area contributed by atoms with Gasteiger partial charge in [0.05, 0.1) is 6.54 Å². The van der Waals surface area contributed by atoms with E-state index in [1.165, 1.54) is 0 Å². The van der Waals surface area contributed by atoms with Gasteiger partial charge in [0, 0.05) is 37.8 Å². The molecule has 8 heteroatoms. The van der Waals surface area contributed by atoms with Crippen LogP contribution in [0.3, 0.4) is 0 Å². The number of aromatic amines is 1. The maximum Gasteiger partial charge on any atom is 0.270 e. The van der Waals surface area contributed by atoms with Gasteiger partial charge in [0.15, 0.2) is 0 Å². The van der Waals surface area contributed by atoms with Crippen molar-refractivity contribution in [3.8, 4) is 0 Å². The zero-order valence-corrected chi connectivity index (χ0v) is 15.5. The third-order valence-corrected chi connectivity index (χ3v) is 5.16. The summed E-state index contributed by atoms with van der Waals surface area (Å²) < 4.78 is 2.26. The zero-order valence-electron chi connectivity index (χ0n) is 14.7. The van der Waals surface area contributed by atoms with Crippen LogP contribution >= 0.6 is 12.4 Å². The highest BCUT2D eigenvalue weighted by molar-refractivity contribution is 5.94. The highest BCUT2D eigenvalue weighted by atomic mass is 35.5. The Hall–Kier alpha value is -1.86. The third kappa shape index (κ3) is 3.30. The van der Waals surface area contributed by atoms with Crippen molar-refractivity contribution >= 4 is 18.3 Å². The molecular weight excluding hydrogens is 340 g/mol. The van der Waals surface area contributed by atoms with Crippen molar-refractivity contribution in [2.75, 3.05) is 19.6 Å². The second kappa shape index (κ2) is 7.17. The van der Waals surface area contributed by atoms with Gasteiger partial charge in [-0.3, -0.25) is 4.79 Å². The monoisotopic (exact) mass is 364 g/mol. The van der Waals surface area contributed by atoms with E-state index in [1.807, 2.05) is 24.8 Å². The van der Waals surface area contributed by atoms with Crippen LogP contribution < -0.4 is 5.32 Å². The van der Waals surface area contributed by atoms with E-state index in [4.69, 9.17) is 0 Å². The standard InChI is InChI=1S/C17H24N6O.ClH/c1-11-9-12(2)19-15(11)17(24)22-6-3-13(4-7-22)16-21-20-14-10-18-5-8-23(14)16;/h9,13,18-19H,3-8,10H2,1-2H3;1H. The fraction of sp³-hybridized carbons (Fsp3) is 0.588. The molecule has 2 aromatic rings. The molecule has 0 radical (unpaired) electrons. The maximum absolute atomic E-state index is 12.7. The van der Waals surface area contributed by atoms with Gasteiger partial charge in [0.25, 0.3) is 5.91 Å². The lowest BCUT2D eigenvalue weighted by molar-refractivity contribution is 0.0704. The molecule has 1 saturated heterocycles. The molecule has 2 aliphatic rings. The van der Waals surface area contributed by atoms with Gasteiger partial charge in [-0.05, 0) is 38.3 Å². The van der Waals surface area contributed by atoms with Crippen LogP contribution in [-0.2, 0) is 13.1 Å². The van der Waals surface area contributed by atoms with Crippen LogP contribution in [0.15, 0.2) is 6.07 Å². The number of likely N-dealkylation sites (tertiary alicyclic amines) is 1. The number of fused-ring (bicyclic) bond motifs is 1. The summed E-state index contributed by atoms with van der Waals surface area (Å²) in [5.41, 5.74) is 2.80. The van der Waals surface area contributed by atoms with E-state index in [1.54, 1.807) is 0 Å². The van der Waals surface area contributed by atoms with Crippen LogP contribution in [0.1, 0.15) is 52.2 Å². The van der Waals surface area contributed by atoms with Gasteiger partial charge in [-0.1, -0.05) is 0 Å². The summed E-state index contributed by atoms with van der Waals surface area (Å²) in [6.45, 7) is 8.25. The number of nitrogens with one attached hydrogen (secondary N) is 2. The fourth-order valence-corrected chi connectivity index (χ4v) is 3.87. The third-order valence-electron chi connectivity index (χ3n) is 5.16. The molecule has 2 aromatic heterocycles. The van der Waals surface area contributed by atoms with E-state index in [0.29, 0.717) is 5.92 Å². The second-order valence-electron chi connectivity index (χ2n) is 6.88. The molecule has 0 spiro atoms. The van der Waals surface area contributed by atoms with Crippen molar-refractivity contribution < 1.29 is 4.79 Å². The highest BCUT2D eigenvalue weighted by Crippen LogP contribution is 2.28. The molecule has 25 heavy (non-hydrogen) atoms. The average molecular weight is 365 g/mol. The molecule has 0 saturated carbocycles. The summed E-state index contributed by atoms with van der Waals surface area (Å²) in [4.78, 5) is 17.9. The largest absolute Gasteiger partial charge is 0.354 e. The summed E-state index contributed by atoms with van der Waals surface area (Å²) >= 11 is 0. The summed E-state index contributed by atoms with van der Waals surface area (Å²) in [5.74, 6) is 2.66. The zero-order chi connectivity index (χ0) is 16.7. The predicted molar refractivity (Wildman–Crippen MR) is 97.1 cm³/mol. The van der Waals surface area contributed by atoms with E-state index >= 15 is 0 Å². The minimum atomic E-state index is 0. The number of aromatic nitrogens is 4. The Bertz CT molecular complexity index is 759. The number of H-pyrrole nitrogens is 1. The first-order valence-corrected chi connectivity index (χ1v) is 8.71. The first-order chi connectivity index (χ1) is 11.6. The quantitative estimate of drug-likeness (QED) is 0.851. The van der Waals surface area contributed by atoms with Gasteiger partial charge >= 0.3 is 0 Å². The van der Waals surface area contributed by atoms with Crippen molar-refractivity contribution in [3.63, 3.8) is 0 Å². The van der Waals surface area contributed by atoms with Crippen molar-refractivity contribution in [2.45, 2.75) is 45.7 Å². The number of hydrogen-bond acceptors (Lipinski definition) is 4. The number of nitrogens with zero attached hydrogens (tertiary/aromatic N) is 4. The van der Waals surface area contributed by atoms with E-state index in [-0.39, 0.29) is 18.3 Å². The summed E-state index contributed by atoms with van der Waals surface area (Å²) in [7, 11) is 0. The SMILES string of the molecule is Cc1cc(C)c(C(=O)N2CCC(c3nnc4n3CCNC4)CC2)[nH]1.Cl. The van der Waals surface area contributed by atoms with Crippen molar-refractivity contribution in [1.82, 2.24) is 30.0 Å². The maximum atomic E-state index is 12.7. The number of carbonyl (C=O) groups excluding carboxylic acids is 1. The predicted octanol–water partition coefficient (Wildman–Crippen LogP) is 1.77.